The maximum atomic E-state index is 12.3. The molecule has 0 aliphatic rings. The van der Waals surface area contributed by atoms with Crippen molar-refractivity contribution in [2.75, 3.05) is 13.1 Å². The van der Waals surface area contributed by atoms with E-state index in [1.165, 1.54) is 11.0 Å². The number of aliphatic carboxylic acids is 1. The normalized spacial score (nSPS) is 10.2. The van der Waals surface area contributed by atoms with E-state index >= 15 is 0 Å². The molecule has 0 bridgehead atoms. The molecule has 98 valence electrons. The highest BCUT2D eigenvalue weighted by molar-refractivity contribution is 5.98. The van der Waals surface area contributed by atoms with Gasteiger partial charge in [-0.3, -0.25) is 9.59 Å². The first kappa shape index (κ1) is 14.0. The van der Waals surface area contributed by atoms with Crippen LogP contribution in [0.4, 0.5) is 0 Å². The van der Waals surface area contributed by atoms with Gasteiger partial charge in [0.1, 0.15) is 18.1 Å². The molecule has 1 N–H and O–H groups in total. The minimum Gasteiger partial charge on any atom is -0.480 e. The van der Waals surface area contributed by atoms with Crippen molar-refractivity contribution in [3.05, 3.63) is 35.3 Å². The molecular formula is C13H17NO4. The first-order valence-electron chi connectivity index (χ1n) is 5.57. The molecule has 0 fully saturated rings. The lowest BCUT2D eigenvalue weighted by Gasteiger charge is -2.18. The van der Waals surface area contributed by atoms with Crippen molar-refractivity contribution in [1.82, 2.24) is 4.90 Å². The molecule has 0 aliphatic heterocycles. The molecule has 0 aliphatic carbocycles. The van der Waals surface area contributed by atoms with Crippen LogP contribution in [0.3, 0.4) is 0 Å². The molecule has 1 heterocycles. The van der Waals surface area contributed by atoms with Crippen LogP contribution >= 0.6 is 0 Å². The number of aryl methyl sites for hydroxylation is 2. The van der Waals surface area contributed by atoms with Crippen LogP contribution in [-0.2, 0) is 4.79 Å². The van der Waals surface area contributed by atoms with Crippen molar-refractivity contribution in [3.8, 4) is 0 Å². The van der Waals surface area contributed by atoms with Gasteiger partial charge in [0, 0.05) is 12.1 Å². The third kappa shape index (κ3) is 2.80. The van der Waals surface area contributed by atoms with Gasteiger partial charge in [0.2, 0.25) is 0 Å². The van der Waals surface area contributed by atoms with Gasteiger partial charge in [0.15, 0.2) is 0 Å². The van der Waals surface area contributed by atoms with Crippen molar-refractivity contribution < 1.29 is 19.1 Å². The Labute approximate surface area is 106 Å². The van der Waals surface area contributed by atoms with Gasteiger partial charge < -0.3 is 14.4 Å². The fourth-order valence-electron chi connectivity index (χ4n) is 1.80. The minimum atomic E-state index is -1.05. The lowest BCUT2D eigenvalue weighted by molar-refractivity contribution is -0.137. The van der Waals surface area contributed by atoms with Crippen molar-refractivity contribution >= 4 is 11.9 Å². The summed E-state index contributed by atoms with van der Waals surface area (Å²) < 4.78 is 5.38. The Morgan fingerprint density at radius 3 is 2.33 bits per heavy atom. The fourth-order valence-corrected chi connectivity index (χ4v) is 1.80. The molecule has 1 amide bonds. The number of carbonyl (C=O) groups excluding carboxylic acids is 1. The van der Waals surface area contributed by atoms with Gasteiger partial charge in [-0.05, 0) is 20.8 Å². The van der Waals surface area contributed by atoms with Crippen LogP contribution in [0.1, 0.15) is 27.4 Å². The highest BCUT2D eigenvalue weighted by Gasteiger charge is 2.24. The number of hydrogen-bond donors (Lipinski definition) is 1. The molecule has 1 aromatic rings. The van der Waals surface area contributed by atoms with E-state index in [0.29, 0.717) is 17.1 Å². The van der Waals surface area contributed by atoms with E-state index in [1.54, 1.807) is 20.8 Å². The number of furan rings is 1. The van der Waals surface area contributed by atoms with Crippen molar-refractivity contribution in [1.29, 1.82) is 0 Å². The Morgan fingerprint density at radius 1 is 1.33 bits per heavy atom. The summed E-state index contributed by atoms with van der Waals surface area (Å²) in [7, 11) is 0. The number of nitrogens with zero attached hydrogens (tertiary/aromatic N) is 1. The first-order valence-corrected chi connectivity index (χ1v) is 5.57. The van der Waals surface area contributed by atoms with Gasteiger partial charge in [-0.2, -0.15) is 0 Å². The van der Waals surface area contributed by atoms with E-state index in [2.05, 4.69) is 6.58 Å². The number of amides is 1. The van der Waals surface area contributed by atoms with Crippen molar-refractivity contribution in [3.63, 3.8) is 0 Å². The average molecular weight is 251 g/mol. The summed E-state index contributed by atoms with van der Waals surface area (Å²) in [6.07, 6.45) is 1.50. The lowest BCUT2D eigenvalue weighted by atomic mass is 10.1. The van der Waals surface area contributed by atoms with Crippen LogP contribution in [0.25, 0.3) is 0 Å². The van der Waals surface area contributed by atoms with Crippen LogP contribution in [0.2, 0.25) is 0 Å². The molecule has 0 unspecified atom stereocenters. The Hall–Kier alpha value is -2.04. The summed E-state index contributed by atoms with van der Waals surface area (Å²) >= 11 is 0. The molecule has 1 aromatic heterocycles. The number of hydrogen-bond acceptors (Lipinski definition) is 3. The molecule has 0 saturated heterocycles. The van der Waals surface area contributed by atoms with Gasteiger partial charge in [0.05, 0.1) is 5.56 Å². The highest BCUT2D eigenvalue weighted by Crippen LogP contribution is 2.22. The van der Waals surface area contributed by atoms with Crippen LogP contribution in [-0.4, -0.2) is 35.0 Å². The van der Waals surface area contributed by atoms with E-state index in [1.807, 2.05) is 0 Å². The lowest BCUT2D eigenvalue weighted by Crippen LogP contribution is -2.36. The van der Waals surface area contributed by atoms with Gasteiger partial charge in [0.25, 0.3) is 5.91 Å². The Kier molecular flexibility index (Phi) is 4.31. The van der Waals surface area contributed by atoms with Crippen molar-refractivity contribution in [2.45, 2.75) is 20.8 Å². The number of carboxylic acids is 1. The standard InChI is InChI=1S/C13H17NO4/c1-5-6-14(7-11(15)16)13(17)12-8(2)9(3)18-10(12)4/h5H,1,6-7H2,2-4H3,(H,15,16). The van der Waals surface area contributed by atoms with Crippen molar-refractivity contribution in [2.24, 2.45) is 0 Å². The largest absolute Gasteiger partial charge is 0.480 e. The number of carbonyl (C=O) groups is 2. The predicted molar refractivity (Wildman–Crippen MR) is 66.7 cm³/mol. The Morgan fingerprint density at radius 2 is 1.94 bits per heavy atom. The van der Waals surface area contributed by atoms with Crippen LogP contribution < -0.4 is 0 Å². The van der Waals surface area contributed by atoms with E-state index in [-0.39, 0.29) is 19.0 Å². The predicted octanol–water partition coefficient (Wildman–Crippen LogP) is 1.92. The zero-order valence-electron chi connectivity index (χ0n) is 10.8. The van der Waals surface area contributed by atoms with Gasteiger partial charge in [-0.1, -0.05) is 6.08 Å². The average Bonchev–Trinajstić information content (AvgIpc) is 2.51. The molecule has 0 saturated carbocycles. The van der Waals surface area contributed by atoms with E-state index in [4.69, 9.17) is 9.52 Å². The van der Waals surface area contributed by atoms with Gasteiger partial charge >= 0.3 is 5.97 Å². The minimum absolute atomic E-state index is 0.189. The Bertz CT molecular complexity index is 487. The summed E-state index contributed by atoms with van der Waals surface area (Å²) in [6, 6.07) is 0. The van der Waals surface area contributed by atoms with Gasteiger partial charge in [-0.25, -0.2) is 0 Å². The second-order valence-corrected chi connectivity index (χ2v) is 4.08. The Balaban J connectivity index is 3.08. The van der Waals surface area contributed by atoms with Crippen LogP contribution in [0.5, 0.6) is 0 Å². The monoisotopic (exact) mass is 251 g/mol. The number of carboxylic acid groups (broad SMARTS) is 1. The smallest absolute Gasteiger partial charge is 0.323 e. The zero-order valence-corrected chi connectivity index (χ0v) is 10.8. The molecule has 5 nitrogen and oxygen atoms in total. The molecule has 0 aromatic carbocycles. The molecule has 0 spiro atoms. The maximum absolute atomic E-state index is 12.3. The molecule has 1 rings (SSSR count). The quantitative estimate of drug-likeness (QED) is 0.811. The van der Waals surface area contributed by atoms with E-state index in [0.717, 1.165) is 5.56 Å². The summed E-state index contributed by atoms with van der Waals surface area (Å²) in [5.41, 5.74) is 1.19. The topological polar surface area (TPSA) is 70.8 Å². The zero-order chi connectivity index (χ0) is 13.9. The molecule has 18 heavy (non-hydrogen) atoms. The summed E-state index contributed by atoms with van der Waals surface area (Å²) in [6.45, 7) is 8.61. The summed E-state index contributed by atoms with van der Waals surface area (Å²) in [5, 5.41) is 8.80. The van der Waals surface area contributed by atoms with E-state index < -0.39 is 5.97 Å². The first-order chi connectivity index (χ1) is 8.38. The van der Waals surface area contributed by atoms with Crippen LogP contribution in [0.15, 0.2) is 17.1 Å². The second-order valence-electron chi connectivity index (χ2n) is 4.08. The number of rotatable bonds is 5. The third-order valence-electron chi connectivity index (χ3n) is 2.74. The molecule has 0 radical (unpaired) electrons. The molecule has 0 atom stereocenters. The molecule has 5 heteroatoms. The van der Waals surface area contributed by atoms with Gasteiger partial charge in [-0.15, -0.1) is 6.58 Å². The second kappa shape index (κ2) is 5.53. The van der Waals surface area contributed by atoms with E-state index in [9.17, 15) is 9.59 Å². The summed E-state index contributed by atoms with van der Waals surface area (Å²) in [5.74, 6) is -0.218. The third-order valence-corrected chi connectivity index (χ3v) is 2.74. The van der Waals surface area contributed by atoms with Crippen LogP contribution in [0, 0.1) is 20.8 Å². The fraction of sp³-hybridized carbons (Fsp3) is 0.385. The molecular weight excluding hydrogens is 234 g/mol. The maximum Gasteiger partial charge on any atom is 0.323 e. The SMILES string of the molecule is C=CCN(CC(=O)O)C(=O)c1c(C)oc(C)c1C. The summed E-state index contributed by atoms with van der Waals surface area (Å²) in [4.78, 5) is 24.2. The highest BCUT2D eigenvalue weighted by atomic mass is 16.4.